The number of hydrogen-bond donors (Lipinski definition) is 1. The summed E-state index contributed by atoms with van der Waals surface area (Å²) in [5, 5.41) is 15.5. The van der Waals surface area contributed by atoms with Gasteiger partial charge in [0, 0.05) is 17.1 Å². The van der Waals surface area contributed by atoms with E-state index in [2.05, 4.69) is 29.4 Å². The molecule has 0 bridgehead atoms. The normalized spacial score (nSPS) is 11.3. The maximum atomic E-state index is 9.72. The van der Waals surface area contributed by atoms with Gasteiger partial charge in [0.1, 0.15) is 0 Å². The summed E-state index contributed by atoms with van der Waals surface area (Å²) in [5.74, 6) is 0.540. The van der Waals surface area contributed by atoms with E-state index in [4.69, 9.17) is 4.74 Å². The van der Waals surface area contributed by atoms with Crippen LogP contribution < -0.4 is 4.74 Å². The standard InChI is InChI=1S/C22H18N2O2/c1-26-22-13-16(11-12-21(22)25)14-23-24-15-19(17-7-3-2-4-8-17)18-9-5-6-10-20(18)24/h2-15,25H,1H3. The monoisotopic (exact) mass is 342 g/mol. The van der Waals surface area contributed by atoms with E-state index in [1.165, 1.54) is 7.11 Å². The number of nitrogens with zero attached hydrogens (tertiary/aromatic N) is 2. The number of aromatic hydroxyl groups is 1. The van der Waals surface area contributed by atoms with E-state index in [1.807, 2.05) is 41.2 Å². The van der Waals surface area contributed by atoms with Crippen LogP contribution in [0.15, 0.2) is 84.1 Å². The molecular weight excluding hydrogens is 324 g/mol. The maximum absolute atomic E-state index is 9.72. The Hall–Kier alpha value is -3.53. The highest BCUT2D eigenvalue weighted by molar-refractivity contribution is 5.96. The van der Waals surface area contributed by atoms with Crippen molar-refractivity contribution in [2.45, 2.75) is 0 Å². The second kappa shape index (κ2) is 6.76. The minimum absolute atomic E-state index is 0.113. The van der Waals surface area contributed by atoms with Gasteiger partial charge in [-0.3, -0.25) is 0 Å². The minimum Gasteiger partial charge on any atom is -0.504 e. The molecule has 0 aliphatic heterocycles. The fourth-order valence-electron chi connectivity index (χ4n) is 3.01. The van der Waals surface area contributed by atoms with E-state index in [0.29, 0.717) is 5.75 Å². The number of methoxy groups -OCH3 is 1. The van der Waals surface area contributed by atoms with Gasteiger partial charge in [0.2, 0.25) is 0 Å². The van der Waals surface area contributed by atoms with Gasteiger partial charge in [-0.15, -0.1) is 0 Å². The van der Waals surface area contributed by atoms with E-state index < -0.39 is 0 Å². The zero-order valence-electron chi connectivity index (χ0n) is 14.3. The summed E-state index contributed by atoms with van der Waals surface area (Å²) >= 11 is 0. The van der Waals surface area contributed by atoms with Crippen LogP contribution in [0, 0.1) is 0 Å². The van der Waals surface area contributed by atoms with Gasteiger partial charge < -0.3 is 9.84 Å². The summed E-state index contributed by atoms with van der Waals surface area (Å²) in [4.78, 5) is 0. The van der Waals surface area contributed by atoms with Crippen molar-refractivity contribution in [2.75, 3.05) is 7.11 Å². The van der Waals surface area contributed by atoms with Gasteiger partial charge in [-0.25, -0.2) is 4.68 Å². The molecule has 0 atom stereocenters. The Kier molecular flexibility index (Phi) is 4.15. The van der Waals surface area contributed by atoms with E-state index >= 15 is 0 Å². The first-order valence-electron chi connectivity index (χ1n) is 8.33. The third-order valence-electron chi connectivity index (χ3n) is 4.31. The number of ether oxygens (including phenoxy) is 1. The highest BCUT2D eigenvalue weighted by Crippen LogP contribution is 2.30. The number of fused-ring (bicyclic) bond motifs is 1. The fraction of sp³-hybridized carbons (Fsp3) is 0.0455. The molecule has 3 aromatic carbocycles. The average Bonchev–Trinajstić information content (AvgIpc) is 3.07. The summed E-state index contributed by atoms with van der Waals surface area (Å²) in [6, 6.07) is 23.6. The molecule has 0 saturated heterocycles. The largest absolute Gasteiger partial charge is 0.504 e. The van der Waals surface area contributed by atoms with Crippen molar-refractivity contribution in [2.24, 2.45) is 5.10 Å². The van der Waals surface area contributed by atoms with Gasteiger partial charge in [0.15, 0.2) is 11.5 Å². The molecule has 1 N–H and O–H groups in total. The number of benzene rings is 3. The van der Waals surface area contributed by atoms with Crippen LogP contribution in [0.1, 0.15) is 5.56 Å². The topological polar surface area (TPSA) is 46.8 Å². The van der Waals surface area contributed by atoms with Crippen LogP contribution in [-0.4, -0.2) is 23.1 Å². The summed E-state index contributed by atoms with van der Waals surface area (Å²) in [6.45, 7) is 0. The lowest BCUT2D eigenvalue weighted by molar-refractivity contribution is 0.373. The van der Waals surface area contributed by atoms with Crippen molar-refractivity contribution >= 4 is 17.1 Å². The molecule has 0 aliphatic rings. The summed E-state index contributed by atoms with van der Waals surface area (Å²) < 4.78 is 7.02. The van der Waals surface area contributed by atoms with Crippen LogP contribution in [0.4, 0.5) is 0 Å². The summed E-state index contributed by atoms with van der Waals surface area (Å²) in [7, 11) is 1.53. The highest BCUT2D eigenvalue weighted by Gasteiger charge is 2.09. The first-order valence-corrected chi connectivity index (χ1v) is 8.33. The number of phenols is 1. The van der Waals surface area contributed by atoms with Crippen LogP contribution in [0.3, 0.4) is 0 Å². The zero-order valence-corrected chi connectivity index (χ0v) is 14.3. The lowest BCUT2D eigenvalue weighted by Gasteiger charge is -2.03. The van der Waals surface area contributed by atoms with E-state index in [9.17, 15) is 5.11 Å². The predicted octanol–water partition coefficient (Wildman–Crippen LogP) is 4.90. The van der Waals surface area contributed by atoms with Crippen molar-refractivity contribution in [1.82, 2.24) is 4.68 Å². The smallest absolute Gasteiger partial charge is 0.161 e. The van der Waals surface area contributed by atoms with E-state index in [-0.39, 0.29) is 5.75 Å². The second-order valence-electron chi connectivity index (χ2n) is 5.95. The van der Waals surface area contributed by atoms with Crippen LogP contribution >= 0.6 is 0 Å². The molecule has 0 amide bonds. The van der Waals surface area contributed by atoms with Crippen molar-refractivity contribution in [1.29, 1.82) is 0 Å². The lowest BCUT2D eigenvalue weighted by atomic mass is 10.1. The predicted molar refractivity (Wildman–Crippen MR) is 105 cm³/mol. The van der Waals surface area contributed by atoms with Crippen molar-refractivity contribution < 1.29 is 9.84 Å². The zero-order chi connectivity index (χ0) is 17.9. The number of phenolic OH excluding ortho intramolecular Hbond substituents is 1. The Morgan fingerprint density at radius 1 is 0.962 bits per heavy atom. The average molecular weight is 342 g/mol. The second-order valence-corrected chi connectivity index (χ2v) is 5.95. The number of rotatable bonds is 4. The number of hydrogen-bond acceptors (Lipinski definition) is 3. The molecule has 0 spiro atoms. The van der Waals surface area contributed by atoms with E-state index in [1.54, 1.807) is 24.4 Å². The highest BCUT2D eigenvalue weighted by atomic mass is 16.5. The molecule has 1 aromatic heterocycles. The summed E-state index contributed by atoms with van der Waals surface area (Å²) in [6.07, 6.45) is 3.79. The molecule has 1 heterocycles. The van der Waals surface area contributed by atoms with Gasteiger partial charge in [-0.05, 0) is 35.4 Å². The third-order valence-corrected chi connectivity index (χ3v) is 4.31. The number of aromatic nitrogens is 1. The Balaban J connectivity index is 1.78. The van der Waals surface area contributed by atoms with Crippen LogP contribution in [0.2, 0.25) is 0 Å². The van der Waals surface area contributed by atoms with Crippen LogP contribution in [0.5, 0.6) is 11.5 Å². The molecule has 4 heteroatoms. The molecule has 128 valence electrons. The van der Waals surface area contributed by atoms with Gasteiger partial charge in [-0.2, -0.15) is 5.10 Å². The summed E-state index contributed by atoms with van der Waals surface area (Å²) in [5.41, 5.74) is 4.18. The van der Waals surface area contributed by atoms with Crippen LogP contribution in [0.25, 0.3) is 22.0 Å². The SMILES string of the molecule is COc1cc(C=Nn2cc(-c3ccccc3)c3ccccc32)ccc1O. The molecule has 0 fully saturated rings. The Morgan fingerprint density at radius 3 is 2.54 bits per heavy atom. The molecular formula is C22H18N2O2. The molecule has 0 aliphatic carbocycles. The Labute approximate surface area is 151 Å². The minimum atomic E-state index is 0.113. The first-order chi connectivity index (χ1) is 12.8. The Bertz CT molecular complexity index is 1080. The molecule has 0 saturated carbocycles. The van der Waals surface area contributed by atoms with Crippen molar-refractivity contribution in [3.05, 3.63) is 84.6 Å². The number of para-hydroxylation sites is 1. The van der Waals surface area contributed by atoms with Gasteiger partial charge in [0.05, 0.1) is 18.8 Å². The first kappa shape index (κ1) is 16.0. The molecule has 26 heavy (non-hydrogen) atoms. The van der Waals surface area contributed by atoms with E-state index in [0.717, 1.165) is 27.6 Å². The quantitative estimate of drug-likeness (QED) is 0.536. The van der Waals surface area contributed by atoms with Gasteiger partial charge in [0.25, 0.3) is 0 Å². The van der Waals surface area contributed by atoms with Crippen LogP contribution in [-0.2, 0) is 0 Å². The van der Waals surface area contributed by atoms with Gasteiger partial charge in [-0.1, -0.05) is 48.5 Å². The van der Waals surface area contributed by atoms with Crippen molar-refractivity contribution in [3.8, 4) is 22.6 Å². The molecule has 4 aromatic rings. The fourth-order valence-corrected chi connectivity index (χ4v) is 3.01. The van der Waals surface area contributed by atoms with Crippen molar-refractivity contribution in [3.63, 3.8) is 0 Å². The molecule has 4 nitrogen and oxygen atoms in total. The maximum Gasteiger partial charge on any atom is 0.161 e. The molecule has 0 radical (unpaired) electrons. The van der Waals surface area contributed by atoms with Gasteiger partial charge >= 0.3 is 0 Å². The third kappa shape index (κ3) is 2.93. The molecule has 0 unspecified atom stereocenters. The Morgan fingerprint density at radius 2 is 1.73 bits per heavy atom. The molecule has 4 rings (SSSR count). The lowest BCUT2D eigenvalue weighted by Crippen LogP contribution is -1.90.